The Bertz CT molecular complexity index is 855. The van der Waals surface area contributed by atoms with Crippen LogP contribution in [-0.2, 0) is 6.54 Å². The van der Waals surface area contributed by atoms with Crippen LogP contribution in [0.4, 0.5) is 0 Å². The van der Waals surface area contributed by atoms with Gasteiger partial charge < -0.3 is 9.72 Å². The predicted molar refractivity (Wildman–Crippen MR) is 89.1 cm³/mol. The van der Waals surface area contributed by atoms with E-state index in [1.54, 1.807) is 22.8 Å². The molecule has 0 atom stereocenters. The van der Waals surface area contributed by atoms with Gasteiger partial charge in [0.15, 0.2) is 0 Å². The van der Waals surface area contributed by atoms with Crippen molar-refractivity contribution in [2.45, 2.75) is 13.0 Å². The number of aryl methyl sites for hydroxylation is 1. The molecule has 0 aliphatic rings. The Hall–Kier alpha value is -1.91. The minimum Gasteiger partial charge on any atom is -0.492 e. The first-order valence-electron chi connectivity index (χ1n) is 6.90. The van der Waals surface area contributed by atoms with E-state index in [9.17, 15) is 4.79 Å². The molecule has 0 bridgehead atoms. The topological polar surface area (TPSA) is 47.0 Å². The SMILES string of the molecule is O=c1[nH]c2ccccc2n1CCCOc1ccc(Cl)cc1Cl. The van der Waals surface area contributed by atoms with Crippen LogP contribution in [0.3, 0.4) is 0 Å². The number of rotatable bonds is 5. The van der Waals surface area contributed by atoms with Crippen LogP contribution in [0.15, 0.2) is 47.3 Å². The van der Waals surface area contributed by atoms with Crippen molar-refractivity contribution in [1.82, 2.24) is 9.55 Å². The van der Waals surface area contributed by atoms with Gasteiger partial charge in [0.05, 0.1) is 22.7 Å². The lowest BCUT2D eigenvalue weighted by Crippen LogP contribution is -2.18. The number of aromatic amines is 1. The quantitative estimate of drug-likeness (QED) is 0.713. The molecule has 6 heteroatoms. The summed E-state index contributed by atoms with van der Waals surface area (Å²) in [6.45, 7) is 1.04. The second-order valence-electron chi connectivity index (χ2n) is 4.88. The summed E-state index contributed by atoms with van der Waals surface area (Å²) < 4.78 is 7.34. The van der Waals surface area contributed by atoms with E-state index in [-0.39, 0.29) is 5.69 Å². The van der Waals surface area contributed by atoms with Gasteiger partial charge in [0.1, 0.15) is 5.75 Å². The molecule has 2 aromatic carbocycles. The van der Waals surface area contributed by atoms with E-state index >= 15 is 0 Å². The van der Waals surface area contributed by atoms with Crippen molar-refractivity contribution in [3.8, 4) is 5.75 Å². The molecule has 0 aliphatic carbocycles. The van der Waals surface area contributed by atoms with Crippen molar-refractivity contribution < 1.29 is 4.74 Å². The van der Waals surface area contributed by atoms with Crippen molar-refractivity contribution >= 4 is 34.2 Å². The summed E-state index contributed by atoms with van der Waals surface area (Å²) in [5.41, 5.74) is 1.64. The lowest BCUT2D eigenvalue weighted by atomic mass is 10.3. The standard InChI is InChI=1S/C16H14Cl2N2O2/c17-11-6-7-15(12(18)10-11)22-9-3-8-20-14-5-2-1-4-13(14)19-16(20)21/h1-2,4-7,10H,3,8-9H2,(H,19,21). The van der Waals surface area contributed by atoms with E-state index in [0.717, 1.165) is 11.0 Å². The number of imidazole rings is 1. The first kappa shape index (κ1) is 15.0. The molecule has 0 saturated carbocycles. The first-order chi connectivity index (χ1) is 10.6. The highest BCUT2D eigenvalue weighted by Crippen LogP contribution is 2.27. The minimum absolute atomic E-state index is 0.106. The Balaban J connectivity index is 1.63. The third-order valence-corrected chi connectivity index (χ3v) is 3.89. The summed E-state index contributed by atoms with van der Waals surface area (Å²) in [5.74, 6) is 0.595. The molecular formula is C16H14Cl2N2O2. The summed E-state index contributed by atoms with van der Waals surface area (Å²) in [6, 6.07) is 12.7. The Morgan fingerprint density at radius 1 is 1.14 bits per heavy atom. The van der Waals surface area contributed by atoms with Gasteiger partial charge in [-0.05, 0) is 36.8 Å². The zero-order valence-corrected chi connectivity index (χ0v) is 13.2. The summed E-state index contributed by atoms with van der Waals surface area (Å²) >= 11 is 11.9. The molecule has 22 heavy (non-hydrogen) atoms. The smallest absolute Gasteiger partial charge is 0.326 e. The van der Waals surface area contributed by atoms with Crippen molar-refractivity contribution in [1.29, 1.82) is 0 Å². The molecule has 114 valence electrons. The lowest BCUT2D eigenvalue weighted by molar-refractivity contribution is 0.302. The Kier molecular flexibility index (Phi) is 4.41. The van der Waals surface area contributed by atoms with Gasteiger partial charge in [-0.15, -0.1) is 0 Å². The predicted octanol–water partition coefficient (Wildman–Crippen LogP) is 4.11. The van der Waals surface area contributed by atoms with Crippen LogP contribution in [0.25, 0.3) is 11.0 Å². The monoisotopic (exact) mass is 336 g/mol. The van der Waals surface area contributed by atoms with Crippen LogP contribution in [0.5, 0.6) is 5.75 Å². The zero-order valence-electron chi connectivity index (χ0n) is 11.7. The molecule has 1 heterocycles. The van der Waals surface area contributed by atoms with Gasteiger partial charge in [-0.25, -0.2) is 4.79 Å². The average molecular weight is 337 g/mol. The molecule has 4 nitrogen and oxygen atoms in total. The largest absolute Gasteiger partial charge is 0.492 e. The number of hydrogen-bond donors (Lipinski definition) is 1. The third-order valence-electron chi connectivity index (χ3n) is 3.36. The summed E-state index contributed by atoms with van der Waals surface area (Å²) in [5, 5.41) is 1.06. The van der Waals surface area contributed by atoms with Gasteiger partial charge in [0.25, 0.3) is 0 Å². The maximum Gasteiger partial charge on any atom is 0.326 e. The summed E-state index contributed by atoms with van der Waals surface area (Å²) in [4.78, 5) is 14.8. The number of nitrogens with zero attached hydrogens (tertiary/aromatic N) is 1. The molecule has 0 unspecified atom stereocenters. The first-order valence-corrected chi connectivity index (χ1v) is 7.66. The van der Waals surface area contributed by atoms with Crippen molar-refractivity contribution in [3.63, 3.8) is 0 Å². The van der Waals surface area contributed by atoms with Gasteiger partial charge in [0, 0.05) is 11.6 Å². The zero-order chi connectivity index (χ0) is 15.5. The number of benzene rings is 2. The second kappa shape index (κ2) is 6.46. The maximum atomic E-state index is 11.9. The number of ether oxygens (including phenoxy) is 1. The van der Waals surface area contributed by atoms with E-state index in [1.807, 2.05) is 24.3 Å². The molecular weight excluding hydrogens is 323 g/mol. The third kappa shape index (κ3) is 3.13. The molecule has 0 radical (unpaired) electrons. The number of para-hydroxylation sites is 2. The highest BCUT2D eigenvalue weighted by Gasteiger charge is 2.06. The molecule has 0 spiro atoms. The van der Waals surface area contributed by atoms with Crippen LogP contribution in [0.2, 0.25) is 10.0 Å². The van der Waals surface area contributed by atoms with E-state index in [2.05, 4.69) is 4.98 Å². The Morgan fingerprint density at radius 2 is 1.95 bits per heavy atom. The van der Waals surface area contributed by atoms with Crippen molar-refractivity contribution in [2.75, 3.05) is 6.61 Å². The number of hydrogen-bond acceptors (Lipinski definition) is 2. The highest BCUT2D eigenvalue weighted by molar-refractivity contribution is 6.35. The van der Waals surface area contributed by atoms with Crippen molar-refractivity contribution in [2.24, 2.45) is 0 Å². The number of fused-ring (bicyclic) bond motifs is 1. The van der Waals surface area contributed by atoms with Crippen LogP contribution in [-0.4, -0.2) is 16.2 Å². The second-order valence-corrected chi connectivity index (χ2v) is 5.72. The molecule has 0 saturated heterocycles. The van der Waals surface area contributed by atoms with Gasteiger partial charge in [-0.1, -0.05) is 35.3 Å². The number of H-pyrrole nitrogens is 1. The van der Waals surface area contributed by atoms with E-state index in [4.69, 9.17) is 27.9 Å². The van der Waals surface area contributed by atoms with E-state index in [1.165, 1.54) is 0 Å². The molecule has 1 N–H and O–H groups in total. The van der Waals surface area contributed by atoms with E-state index in [0.29, 0.717) is 35.4 Å². The molecule has 3 aromatic rings. The summed E-state index contributed by atoms with van der Waals surface area (Å²) in [7, 11) is 0. The normalized spacial score (nSPS) is 11.0. The van der Waals surface area contributed by atoms with Crippen molar-refractivity contribution in [3.05, 3.63) is 63.0 Å². The van der Waals surface area contributed by atoms with Crippen LogP contribution < -0.4 is 10.4 Å². The van der Waals surface area contributed by atoms with Gasteiger partial charge in [-0.2, -0.15) is 0 Å². The Labute approximate surface area is 137 Å². The maximum absolute atomic E-state index is 11.9. The molecule has 0 fully saturated rings. The fraction of sp³-hybridized carbons (Fsp3) is 0.188. The van der Waals surface area contributed by atoms with Crippen LogP contribution >= 0.6 is 23.2 Å². The molecule has 1 aromatic heterocycles. The highest BCUT2D eigenvalue weighted by atomic mass is 35.5. The van der Waals surface area contributed by atoms with Crippen LogP contribution in [0.1, 0.15) is 6.42 Å². The minimum atomic E-state index is -0.106. The molecule has 0 aliphatic heterocycles. The number of halogens is 2. The Morgan fingerprint density at radius 3 is 2.77 bits per heavy atom. The number of aromatic nitrogens is 2. The van der Waals surface area contributed by atoms with E-state index < -0.39 is 0 Å². The van der Waals surface area contributed by atoms with Crippen LogP contribution in [0, 0.1) is 0 Å². The van der Waals surface area contributed by atoms with Gasteiger partial charge >= 0.3 is 5.69 Å². The summed E-state index contributed by atoms with van der Waals surface area (Å²) in [6.07, 6.45) is 0.695. The fourth-order valence-electron chi connectivity index (χ4n) is 2.33. The molecule has 0 amide bonds. The van der Waals surface area contributed by atoms with Gasteiger partial charge in [-0.3, -0.25) is 4.57 Å². The van der Waals surface area contributed by atoms with Gasteiger partial charge in [0.2, 0.25) is 0 Å². The number of nitrogens with one attached hydrogen (secondary N) is 1. The molecule has 3 rings (SSSR count). The lowest BCUT2D eigenvalue weighted by Gasteiger charge is -2.08. The average Bonchev–Trinajstić information content (AvgIpc) is 2.81. The fourth-order valence-corrected chi connectivity index (χ4v) is 2.79.